The topological polar surface area (TPSA) is 55.2 Å². The Labute approximate surface area is 150 Å². The highest BCUT2D eigenvalue weighted by Crippen LogP contribution is 2.25. The second-order valence-corrected chi connectivity index (χ2v) is 6.85. The fraction of sp³-hybridized carbons (Fsp3) is 0.211. The van der Waals surface area contributed by atoms with Crippen molar-refractivity contribution in [3.8, 4) is 0 Å². The van der Waals surface area contributed by atoms with Crippen LogP contribution in [0.3, 0.4) is 0 Å². The van der Waals surface area contributed by atoms with E-state index in [9.17, 15) is 9.59 Å². The minimum Gasteiger partial charge on any atom is -0.363 e. The number of pyridine rings is 1. The number of carbonyl (C=O) groups excluding carboxylic acids is 2. The van der Waals surface area contributed by atoms with Crippen molar-refractivity contribution in [2.75, 3.05) is 25.3 Å². The van der Waals surface area contributed by atoms with E-state index in [1.807, 2.05) is 42.9 Å². The molecule has 3 aromatic rings. The van der Waals surface area contributed by atoms with Gasteiger partial charge >= 0.3 is 0 Å². The zero-order valence-corrected chi connectivity index (χ0v) is 15.4. The van der Waals surface area contributed by atoms with Crippen molar-refractivity contribution in [1.82, 2.24) is 9.55 Å². The molecule has 6 heteroatoms. The molecule has 0 aliphatic carbocycles. The minimum absolute atomic E-state index is 0.0802. The number of anilines is 1. The number of ketones is 1. The van der Waals surface area contributed by atoms with Crippen molar-refractivity contribution in [2.45, 2.75) is 5.03 Å². The first-order valence-electron chi connectivity index (χ1n) is 7.77. The smallest absolute Gasteiger partial charge is 0.193 e. The van der Waals surface area contributed by atoms with Gasteiger partial charge in [0.1, 0.15) is 5.82 Å². The first-order chi connectivity index (χ1) is 11.9. The van der Waals surface area contributed by atoms with E-state index in [4.69, 9.17) is 0 Å². The average molecular weight is 353 g/mol. The zero-order valence-electron chi connectivity index (χ0n) is 14.6. The van der Waals surface area contributed by atoms with Crippen LogP contribution in [0.5, 0.6) is 0 Å². The first kappa shape index (κ1) is 17.2. The molecule has 0 saturated heterocycles. The highest BCUT2D eigenvalue weighted by Gasteiger charge is 2.15. The van der Waals surface area contributed by atoms with Crippen LogP contribution in [0.25, 0.3) is 10.9 Å². The minimum atomic E-state index is -0.0802. The SMILES string of the molecule is CSc1cc(C(=O)c2ccc3c(c2)c(C=O)cn3C)cc(N(C)C)n1. The molecule has 0 spiro atoms. The van der Waals surface area contributed by atoms with E-state index in [0.29, 0.717) is 16.7 Å². The average Bonchev–Trinajstić information content (AvgIpc) is 2.95. The van der Waals surface area contributed by atoms with Crippen LogP contribution in [-0.4, -0.2) is 42.0 Å². The number of carbonyl (C=O) groups is 2. The van der Waals surface area contributed by atoms with Crippen LogP contribution < -0.4 is 4.90 Å². The predicted octanol–water partition coefficient (Wildman–Crippen LogP) is 3.40. The molecule has 0 aliphatic rings. The largest absolute Gasteiger partial charge is 0.363 e. The molecule has 0 radical (unpaired) electrons. The van der Waals surface area contributed by atoms with Gasteiger partial charge in [0.25, 0.3) is 0 Å². The van der Waals surface area contributed by atoms with E-state index >= 15 is 0 Å². The highest BCUT2D eigenvalue weighted by molar-refractivity contribution is 7.98. The highest BCUT2D eigenvalue weighted by atomic mass is 32.2. The van der Waals surface area contributed by atoms with Gasteiger partial charge in [-0.2, -0.15) is 0 Å². The normalized spacial score (nSPS) is 10.9. The lowest BCUT2D eigenvalue weighted by atomic mass is 10.0. The number of thioether (sulfide) groups is 1. The summed E-state index contributed by atoms with van der Waals surface area (Å²) < 4.78 is 1.88. The lowest BCUT2D eigenvalue weighted by Gasteiger charge is -2.14. The van der Waals surface area contributed by atoms with Crippen molar-refractivity contribution in [1.29, 1.82) is 0 Å². The fourth-order valence-electron chi connectivity index (χ4n) is 2.78. The van der Waals surface area contributed by atoms with Crippen molar-refractivity contribution in [3.05, 3.63) is 53.2 Å². The van der Waals surface area contributed by atoms with Gasteiger partial charge in [0.05, 0.1) is 5.03 Å². The Morgan fingerprint density at radius 3 is 2.60 bits per heavy atom. The summed E-state index contributed by atoms with van der Waals surface area (Å²) in [6.07, 6.45) is 4.52. The maximum absolute atomic E-state index is 13.0. The maximum Gasteiger partial charge on any atom is 0.193 e. The Morgan fingerprint density at radius 1 is 1.20 bits per heavy atom. The summed E-state index contributed by atoms with van der Waals surface area (Å²) >= 11 is 1.50. The number of aromatic nitrogens is 2. The van der Waals surface area contributed by atoms with E-state index in [0.717, 1.165) is 28.0 Å². The van der Waals surface area contributed by atoms with Crippen molar-refractivity contribution in [2.24, 2.45) is 7.05 Å². The second-order valence-electron chi connectivity index (χ2n) is 6.03. The number of hydrogen-bond acceptors (Lipinski definition) is 5. The Hall–Kier alpha value is -2.60. The molecular formula is C19H19N3O2S. The van der Waals surface area contributed by atoms with Crippen molar-refractivity contribution in [3.63, 3.8) is 0 Å². The van der Waals surface area contributed by atoms with Crippen molar-refractivity contribution >= 4 is 40.6 Å². The third kappa shape index (κ3) is 3.17. The predicted molar refractivity (Wildman–Crippen MR) is 102 cm³/mol. The molecule has 128 valence electrons. The molecule has 0 saturated carbocycles. The summed E-state index contributed by atoms with van der Waals surface area (Å²) in [7, 11) is 5.67. The molecule has 0 N–H and O–H groups in total. The quantitative estimate of drug-likeness (QED) is 0.400. The molecule has 2 heterocycles. The molecule has 0 atom stereocenters. The van der Waals surface area contributed by atoms with Crippen LogP contribution in [0, 0.1) is 0 Å². The van der Waals surface area contributed by atoms with Gasteiger partial charge in [0, 0.05) is 54.9 Å². The number of nitrogens with zero attached hydrogens (tertiary/aromatic N) is 3. The Kier molecular flexibility index (Phi) is 4.63. The molecule has 5 nitrogen and oxygen atoms in total. The summed E-state index contributed by atoms with van der Waals surface area (Å²) in [4.78, 5) is 30.6. The van der Waals surface area contributed by atoms with Crippen LogP contribution in [0.15, 0.2) is 41.6 Å². The molecule has 25 heavy (non-hydrogen) atoms. The maximum atomic E-state index is 13.0. The Morgan fingerprint density at radius 2 is 1.96 bits per heavy atom. The number of rotatable bonds is 5. The first-order valence-corrected chi connectivity index (χ1v) is 8.99. The van der Waals surface area contributed by atoms with Crippen LogP contribution in [0.1, 0.15) is 26.3 Å². The van der Waals surface area contributed by atoms with E-state index in [1.54, 1.807) is 30.5 Å². The Bertz CT molecular complexity index is 976. The molecule has 2 aromatic heterocycles. The lowest BCUT2D eigenvalue weighted by Crippen LogP contribution is -2.13. The van der Waals surface area contributed by atoms with Crippen LogP contribution >= 0.6 is 11.8 Å². The van der Waals surface area contributed by atoms with E-state index in [-0.39, 0.29) is 5.78 Å². The summed E-state index contributed by atoms with van der Waals surface area (Å²) in [6.45, 7) is 0. The van der Waals surface area contributed by atoms with Crippen LogP contribution in [0.2, 0.25) is 0 Å². The van der Waals surface area contributed by atoms with Crippen molar-refractivity contribution < 1.29 is 9.59 Å². The van der Waals surface area contributed by atoms with Gasteiger partial charge in [0.15, 0.2) is 12.1 Å². The van der Waals surface area contributed by atoms with Crippen LogP contribution in [-0.2, 0) is 7.05 Å². The van der Waals surface area contributed by atoms with Gasteiger partial charge < -0.3 is 9.47 Å². The molecule has 3 rings (SSSR count). The molecule has 0 aliphatic heterocycles. The second kappa shape index (κ2) is 6.72. The third-order valence-electron chi connectivity index (χ3n) is 4.13. The van der Waals surface area contributed by atoms with Gasteiger partial charge in [-0.15, -0.1) is 11.8 Å². The van der Waals surface area contributed by atoms with Gasteiger partial charge in [-0.3, -0.25) is 9.59 Å². The number of fused-ring (bicyclic) bond motifs is 1. The van der Waals surface area contributed by atoms with Gasteiger partial charge in [0.2, 0.25) is 0 Å². The summed E-state index contributed by atoms with van der Waals surface area (Å²) in [6, 6.07) is 9.05. The lowest BCUT2D eigenvalue weighted by molar-refractivity contribution is 0.103. The monoisotopic (exact) mass is 353 g/mol. The van der Waals surface area contributed by atoms with E-state index in [2.05, 4.69) is 4.98 Å². The molecule has 0 amide bonds. The summed E-state index contributed by atoms with van der Waals surface area (Å²) in [5, 5.41) is 1.58. The standard InChI is InChI=1S/C19H19N3O2S/c1-21(2)17-8-13(9-18(20-17)25-4)19(24)12-5-6-16-15(7-12)14(11-23)10-22(16)3/h5-11H,1-4H3. The van der Waals surface area contributed by atoms with E-state index in [1.165, 1.54) is 11.8 Å². The summed E-state index contributed by atoms with van der Waals surface area (Å²) in [5.74, 6) is 0.660. The number of aryl methyl sites for hydroxylation is 1. The van der Waals surface area contributed by atoms with E-state index < -0.39 is 0 Å². The summed E-state index contributed by atoms with van der Waals surface area (Å²) in [5.41, 5.74) is 2.66. The molecule has 0 fully saturated rings. The zero-order chi connectivity index (χ0) is 18.1. The fourth-order valence-corrected chi connectivity index (χ4v) is 3.21. The number of aldehydes is 1. The van der Waals surface area contributed by atoms with Gasteiger partial charge in [-0.1, -0.05) is 0 Å². The Balaban J connectivity index is 2.10. The molecule has 0 bridgehead atoms. The number of hydrogen-bond donors (Lipinski definition) is 0. The van der Waals surface area contributed by atoms with Gasteiger partial charge in [-0.25, -0.2) is 4.98 Å². The molecular weight excluding hydrogens is 334 g/mol. The molecule has 1 aromatic carbocycles. The van der Waals surface area contributed by atoms with Crippen LogP contribution in [0.4, 0.5) is 5.82 Å². The van der Waals surface area contributed by atoms with Gasteiger partial charge in [-0.05, 0) is 36.6 Å². The number of benzene rings is 1. The molecule has 0 unspecified atom stereocenters. The third-order valence-corrected chi connectivity index (χ3v) is 4.75.